The third-order valence-corrected chi connectivity index (χ3v) is 5.94. The second kappa shape index (κ2) is 6.13. The van der Waals surface area contributed by atoms with Gasteiger partial charge in [0.1, 0.15) is 36.7 Å². The van der Waals surface area contributed by atoms with Crippen LogP contribution in [0.3, 0.4) is 0 Å². The van der Waals surface area contributed by atoms with E-state index in [-0.39, 0.29) is 18.3 Å². The lowest BCUT2D eigenvalue weighted by Crippen LogP contribution is -2.42. The standard InChI is InChI=1S/C23H18N2O5/c26-15-6-5-14(24-11-15)12-25-18-4-2-1-3-16(18)23(22(25)27)13-30-19-10-21-20(9-17(19)23)28-7-8-29-21/h1-6,9-11,26H,7-8,12-13H2. The molecule has 3 aromatic rings. The molecule has 4 heterocycles. The molecule has 0 fully saturated rings. The van der Waals surface area contributed by atoms with Gasteiger partial charge in [0.25, 0.3) is 0 Å². The van der Waals surface area contributed by atoms with Crippen molar-refractivity contribution < 1.29 is 24.1 Å². The fourth-order valence-corrected chi connectivity index (χ4v) is 4.54. The van der Waals surface area contributed by atoms with Gasteiger partial charge in [-0.1, -0.05) is 18.2 Å². The van der Waals surface area contributed by atoms with Crippen molar-refractivity contribution in [1.29, 1.82) is 0 Å². The van der Waals surface area contributed by atoms with E-state index in [1.165, 1.54) is 6.20 Å². The topological polar surface area (TPSA) is 81.1 Å². The molecule has 7 heteroatoms. The maximum atomic E-state index is 13.9. The van der Waals surface area contributed by atoms with Gasteiger partial charge in [0.15, 0.2) is 11.5 Å². The van der Waals surface area contributed by atoms with E-state index in [1.54, 1.807) is 17.0 Å². The van der Waals surface area contributed by atoms with Gasteiger partial charge in [-0.25, -0.2) is 0 Å². The molecule has 0 aliphatic carbocycles. The number of carbonyl (C=O) groups excluding carboxylic acids is 1. The minimum absolute atomic E-state index is 0.0611. The van der Waals surface area contributed by atoms with Gasteiger partial charge in [-0.3, -0.25) is 9.78 Å². The van der Waals surface area contributed by atoms with E-state index in [4.69, 9.17) is 14.2 Å². The molecule has 0 saturated carbocycles. The Balaban J connectivity index is 1.48. The second-order valence-corrected chi connectivity index (χ2v) is 7.60. The number of hydrogen-bond acceptors (Lipinski definition) is 6. The van der Waals surface area contributed by atoms with E-state index in [1.807, 2.05) is 36.4 Å². The van der Waals surface area contributed by atoms with Crippen molar-refractivity contribution in [2.45, 2.75) is 12.0 Å². The summed E-state index contributed by atoms with van der Waals surface area (Å²) >= 11 is 0. The second-order valence-electron chi connectivity index (χ2n) is 7.60. The first kappa shape index (κ1) is 17.1. The van der Waals surface area contributed by atoms with Gasteiger partial charge in [0.2, 0.25) is 5.91 Å². The van der Waals surface area contributed by atoms with Crippen LogP contribution >= 0.6 is 0 Å². The van der Waals surface area contributed by atoms with E-state index >= 15 is 0 Å². The largest absolute Gasteiger partial charge is 0.506 e. The molecule has 1 aromatic heterocycles. The molecule has 0 radical (unpaired) electrons. The van der Waals surface area contributed by atoms with Crippen LogP contribution in [0.4, 0.5) is 5.69 Å². The lowest BCUT2D eigenvalue weighted by Gasteiger charge is -2.24. The first-order chi connectivity index (χ1) is 14.7. The minimum atomic E-state index is -0.932. The number of fused-ring (bicyclic) bond motifs is 5. The summed E-state index contributed by atoms with van der Waals surface area (Å²) in [7, 11) is 0. The molecule has 0 saturated heterocycles. The summed E-state index contributed by atoms with van der Waals surface area (Å²) in [5.74, 6) is 1.95. The van der Waals surface area contributed by atoms with Crippen molar-refractivity contribution in [3.05, 3.63) is 71.5 Å². The summed E-state index contributed by atoms with van der Waals surface area (Å²) in [6.45, 7) is 1.49. The third kappa shape index (κ3) is 2.26. The number of anilines is 1. The van der Waals surface area contributed by atoms with Crippen LogP contribution in [-0.2, 0) is 16.8 Å². The van der Waals surface area contributed by atoms with Crippen molar-refractivity contribution >= 4 is 11.6 Å². The molecule has 1 spiro atoms. The van der Waals surface area contributed by atoms with Gasteiger partial charge in [0.05, 0.1) is 18.4 Å². The number of para-hydroxylation sites is 1. The Bertz CT molecular complexity index is 1180. The Hall–Kier alpha value is -3.74. The fourth-order valence-electron chi connectivity index (χ4n) is 4.54. The van der Waals surface area contributed by atoms with Gasteiger partial charge in [-0.15, -0.1) is 0 Å². The van der Waals surface area contributed by atoms with Crippen molar-refractivity contribution in [2.24, 2.45) is 0 Å². The van der Waals surface area contributed by atoms with Crippen molar-refractivity contribution in [3.8, 4) is 23.0 Å². The number of rotatable bonds is 2. The molecule has 0 bridgehead atoms. The van der Waals surface area contributed by atoms with E-state index in [0.717, 1.165) is 16.8 Å². The average molecular weight is 402 g/mol. The monoisotopic (exact) mass is 402 g/mol. The number of aromatic hydroxyl groups is 1. The van der Waals surface area contributed by atoms with Gasteiger partial charge in [-0.05, 0) is 29.8 Å². The lowest BCUT2D eigenvalue weighted by atomic mass is 9.77. The molecule has 7 nitrogen and oxygen atoms in total. The van der Waals surface area contributed by atoms with Gasteiger partial charge in [0, 0.05) is 17.3 Å². The molecule has 3 aliphatic rings. The van der Waals surface area contributed by atoms with Crippen LogP contribution in [0.25, 0.3) is 0 Å². The van der Waals surface area contributed by atoms with Crippen LogP contribution < -0.4 is 19.1 Å². The Labute approximate surface area is 172 Å². The van der Waals surface area contributed by atoms with Crippen LogP contribution in [0, 0.1) is 0 Å². The molecule has 2 aromatic carbocycles. The number of amides is 1. The van der Waals surface area contributed by atoms with Gasteiger partial charge in [-0.2, -0.15) is 0 Å². The minimum Gasteiger partial charge on any atom is -0.506 e. The number of benzene rings is 2. The molecule has 1 amide bonds. The molecule has 1 N–H and O–H groups in total. The molecule has 1 unspecified atom stereocenters. The van der Waals surface area contributed by atoms with Crippen molar-refractivity contribution in [2.75, 3.05) is 24.7 Å². The van der Waals surface area contributed by atoms with E-state index in [0.29, 0.717) is 42.7 Å². The highest BCUT2D eigenvalue weighted by atomic mass is 16.6. The Morgan fingerprint density at radius 3 is 2.57 bits per heavy atom. The van der Waals surface area contributed by atoms with Crippen LogP contribution in [0.2, 0.25) is 0 Å². The SMILES string of the molecule is O=C1N(Cc2ccc(O)cn2)c2ccccc2C12COc1cc3c(cc12)OCCO3. The highest BCUT2D eigenvalue weighted by molar-refractivity contribution is 6.11. The number of pyridine rings is 1. The summed E-state index contributed by atoms with van der Waals surface area (Å²) in [6.07, 6.45) is 1.38. The number of carbonyl (C=O) groups is 1. The smallest absolute Gasteiger partial charge is 0.246 e. The predicted octanol–water partition coefficient (Wildman–Crippen LogP) is 2.78. The first-order valence-corrected chi connectivity index (χ1v) is 9.79. The fraction of sp³-hybridized carbons (Fsp3) is 0.217. The third-order valence-electron chi connectivity index (χ3n) is 5.94. The first-order valence-electron chi connectivity index (χ1n) is 9.79. The van der Waals surface area contributed by atoms with Crippen LogP contribution in [-0.4, -0.2) is 35.8 Å². The van der Waals surface area contributed by atoms with Gasteiger partial charge >= 0.3 is 0 Å². The number of hydrogen-bond donors (Lipinski definition) is 1. The quantitative estimate of drug-likeness (QED) is 0.710. The Morgan fingerprint density at radius 2 is 1.77 bits per heavy atom. The van der Waals surface area contributed by atoms with E-state index in [2.05, 4.69) is 4.98 Å². The zero-order chi connectivity index (χ0) is 20.3. The van der Waals surface area contributed by atoms with Crippen LogP contribution in [0.5, 0.6) is 23.0 Å². The highest BCUT2D eigenvalue weighted by Crippen LogP contribution is 2.54. The summed E-state index contributed by atoms with van der Waals surface area (Å²) in [5.41, 5.74) is 2.30. The molecule has 6 rings (SSSR count). The van der Waals surface area contributed by atoms with Crippen molar-refractivity contribution in [1.82, 2.24) is 4.98 Å². The lowest BCUT2D eigenvalue weighted by molar-refractivity contribution is -0.122. The molecule has 30 heavy (non-hydrogen) atoms. The molecule has 150 valence electrons. The molecule has 3 aliphatic heterocycles. The summed E-state index contributed by atoms with van der Waals surface area (Å²) in [5, 5.41) is 9.52. The zero-order valence-electron chi connectivity index (χ0n) is 16.0. The molecular formula is C23H18N2O5. The maximum absolute atomic E-state index is 13.9. The van der Waals surface area contributed by atoms with Crippen LogP contribution in [0.15, 0.2) is 54.7 Å². The van der Waals surface area contributed by atoms with Crippen molar-refractivity contribution in [3.63, 3.8) is 0 Å². The number of aromatic nitrogens is 1. The van der Waals surface area contributed by atoms with E-state index in [9.17, 15) is 9.90 Å². The summed E-state index contributed by atoms with van der Waals surface area (Å²) in [6, 6.07) is 14.8. The zero-order valence-corrected chi connectivity index (χ0v) is 16.0. The van der Waals surface area contributed by atoms with Crippen LogP contribution in [0.1, 0.15) is 16.8 Å². The highest BCUT2D eigenvalue weighted by Gasteiger charge is 2.57. The average Bonchev–Trinajstić information content (AvgIpc) is 3.26. The number of ether oxygens (including phenoxy) is 3. The molecular weight excluding hydrogens is 384 g/mol. The Kier molecular flexibility index (Phi) is 3.50. The van der Waals surface area contributed by atoms with E-state index < -0.39 is 5.41 Å². The Morgan fingerprint density at radius 1 is 0.967 bits per heavy atom. The normalized spacial score (nSPS) is 20.8. The summed E-state index contributed by atoms with van der Waals surface area (Å²) < 4.78 is 17.5. The predicted molar refractivity (Wildman–Crippen MR) is 107 cm³/mol. The molecule has 1 atom stereocenters. The maximum Gasteiger partial charge on any atom is 0.246 e. The summed E-state index contributed by atoms with van der Waals surface area (Å²) in [4.78, 5) is 19.9. The number of nitrogens with zero attached hydrogens (tertiary/aromatic N) is 2. The van der Waals surface area contributed by atoms with Gasteiger partial charge < -0.3 is 24.2 Å².